The van der Waals surface area contributed by atoms with E-state index in [0.717, 1.165) is 0 Å². The Bertz CT molecular complexity index is 1730. The highest BCUT2D eigenvalue weighted by molar-refractivity contribution is 7.85. The lowest BCUT2D eigenvalue weighted by molar-refractivity contribution is -0.127. The van der Waals surface area contributed by atoms with Gasteiger partial charge in [0.2, 0.25) is 11.8 Å². The summed E-state index contributed by atoms with van der Waals surface area (Å²) in [6.45, 7) is 2.32. The summed E-state index contributed by atoms with van der Waals surface area (Å²) in [6.07, 6.45) is 0. The van der Waals surface area contributed by atoms with Crippen LogP contribution in [0.5, 0.6) is 0 Å². The first kappa shape index (κ1) is 39.4. The molecule has 0 saturated heterocycles. The lowest BCUT2D eigenvalue weighted by Gasteiger charge is -2.22. The molecule has 0 aliphatic carbocycles. The zero-order chi connectivity index (χ0) is 36.9. The van der Waals surface area contributed by atoms with Gasteiger partial charge in [-0.15, -0.1) is 0 Å². The van der Waals surface area contributed by atoms with Crippen LogP contribution in [0.4, 0.5) is 35.1 Å². The summed E-state index contributed by atoms with van der Waals surface area (Å²) in [5.41, 5.74) is -6.99. The fourth-order valence-electron chi connectivity index (χ4n) is 3.30. The van der Waals surface area contributed by atoms with Gasteiger partial charge >= 0.3 is 22.1 Å². The largest absolute Gasteiger partial charge is 0.460 e. The van der Waals surface area contributed by atoms with Gasteiger partial charge in [0.25, 0.3) is 0 Å². The molecule has 0 heterocycles. The Morgan fingerprint density at radius 3 is 1.33 bits per heavy atom. The molecule has 3 N–H and O–H groups in total. The highest BCUT2D eigenvalue weighted by Gasteiger charge is 2.36. The van der Waals surface area contributed by atoms with Crippen LogP contribution >= 0.6 is 0 Å². The van der Waals surface area contributed by atoms with E-state index in [2.05, 4.69) is 30.3 Å². The number of hydrogen-bond acceptors (Lipinski definition) is 10. The molecule has 22 heteroatoms. The smallest absolute Gasteiger partial charge is 0.344 e. The first-order valence-electron chi connectivity index (χ1n) is 13.0. The van der Waals surface area contributed by atoms with Crippen LogP contribution in [0.1, 0.15) is 48.4 Å². The van der Waals surface area contributed by atoms with Crippen molar-refractivity contribution in [2.75, 3.05) is 26.3 Å². The fraction of sp³-hybridized carbons (Fsp3) is 0.385. The van der Waals surface area contributed by atoms with Gasteiger partial charge in [-0.3, -0.25) is 14.1 Å². The second-order valence-corrected chi connectivity index (χ2v) is 11.7. The number of ether oxygens (including phenoxy) is 2. The van der Waals surface area contributed by atoms with Gasteiger partial charge in [-0.2, -0.15) is 18.6 Å². The first-order chi connectivity index (χ1) is 22.0. The number of esters is 2. The van der Waals surface area contributed by atoms with Gasteiger partial charge in [-0.25, -0.2) is 44.7 Å². The number of azo groups is 1. The van der Waals surface area contributed by atoms with Gasteiger partial charge in [0.05, 0.1) is 13.1 Å². The number of nitrogens with zero attached hydrogens (tertiary/aromatic N) is 2. The van der Waals surface area contributed by atoms with Crippen molar-refractivity contribution in [1.29, 1.82) is 0 Å². The molecular formula is C26H24F8N4O9S. The maximum absolute atomic E-state index is 14.1. The van der Waals surface area contributed by atoms with E-state index in [4.69, 9.17) is 4.55 Å². The Balaban J connectivity index is 1.91. The van der Waals surface area contributed by atoms with Crippen molar-refractivity contribution in [2.24, 2.45) is 10.2 Å². The third kappa shape index (κ3) is 8.99. The van der Waals surface area contributed by atoms with E-state index >= 15 is 0 Å². The number of benzene rings is 2. The van der Waals surface area contributed by atoms with Gasteiger partial charge in [0.15, 0.2) is 62.5 Å². The van der Waals surface area contributed by atoms with E-state index < -0.39 is 134 Å². The Kier molecular flexibility index (Phi) is 12.3. The molecule has 0 radical (unpaired) electrons. The van der Waals surface area contributed by atoms with Crippen molar-refractivity contribution in [3.05, 3.63) is 63.7 Å². The van der Waals surface area contributed by atoms with Crippen LogP contribution in [0.2, 0.25) is 0 Å². The third-order valence-electron chi connectivity index (χ3n) is 5.90. The molecular weight excluding hydrogens is 696 g/mol. The van der Waals surface area contributed by atoms with Crippen LogP contribution in [0.15, 0.2) is 21.2 Å². The zero-order valence-electron chi connectivity index (χ0n) is 24.9. The highest BCUT2D eigenvalue weighted by atomic mass is 32.2. The molecule has 0 aliphatic heterocycles. The average molecular weight is 721 g/mol. The van der Waals surface area contributed by atoms with Crippen LogP contribution in [-0.4, -0.2) is 74.1 Å². The minimum atomic E-state index is -5.76. The lowest BCUT2D eigenvalue weighted by Crippen LogP contribution is -2.44. The number of rotatable bonds is 13. The molecule has 0 saturated carbocycles. The zero-order valence-corrected chi connectivity index (χ0v) is 25.8. The minimum Gasteiger partial charge on any atom is -0.460 e. The van der Waals surface area contributed by atoms with Crippen molar-refractivity contribution < 1.29 is 76.7 Å². The summed E-state index contributed by atoms with van der Waals surface area (Å²) >= 11 is 0. The number of carbonyl (C=O) groups excluding carboxylic acids is 4. The Labute approximate surface area is 265 Å². The summed E-state index contributed by atoms with van der Waals surface area (Å²) in [5, 5.41) is 12.0. The summed E-state index contributed by atoms with van der Waals surface area (Å²) in [4.78, 5) is 46.5. The molecule has 0 aliphatic rings. The topological polar surface area (TPSA) is 190 Å². The second kappa shape index (κ2) is 15.0. The number of carbonyl (C=O) groups is 4. The summed E-state index contributed by atoms with van der Waals surface area (Å²) in [5.74, 6) is -23.3. The molecule has 0 unspecified atom stereocenters. The Morgan fingerprint density at radius 1 is 0.667 bits per heavy atom. The van der Waals surface area contributed by atoms with E-state index in [1.165, 1.54) is 27.7 Å². The van der Waals surface area contributed by atoms with Gasteiger partial charge in [-0.05, 0) is 27.7 Å². The average Bonchev–Trinajstić information content (AvgIpc) is 2.98. The second-order valence-electron chi connectivity index (χ2n) is 10.4. The molecule has 2 amide bonds. The maximum atomic E-state index is 14.1. The monoisotopic (exact) mass is 720 g/mol. The Morgan fingerprint density at radius 2 is 1.00 bits per heavy atom. The van der Waals surface area contributed by atoms with E-state index in [-0.39, 0.29) is 6.07 Å². The molecule has 2 aromatic rings. The van der Waals surface area contributed by atoms with Gasteiger partial charge in [-0.1, -0.05) is 0 Å². The van der Waals surface area contributed by atoms with Crippen molar-refractivity contribution in [2.45, 2.75) is 43.7 Å². The normalized spacial score (nSPS) is 12.2. The van der Waals surface area contributed by atoms with Gasteiger partial charge in [0, 0.05) is 6.07 Å². The van der Waals surface area contributed by atoms with Crippen LogP contribution < -0.4 is 10.6 Å². The molecule has 0 atom stereocenters. The van der Waals surface area contributed by atoms with E-state index in [1.54, 1.807) is 0 Å². The molecule has 264 valence electrons. The standard InChI is InChI=1S/C26H24F8N4O9S/c1-25(2,23(41)35-5-7-46-21(39)12-14(29)10(27)9-11(28)15(12)30)37-38-26(3,4)24(42)36-6-8-47-22(40)13-16(31)18(33)20(48(43,44)45)19(34)17(13)32/h9H,5-8H2,1-4H3,(H,35,41)(H,36,42)(H,43,44,45). The summed E-state index contributed by atoms with van der Waals surface area (Å²) in [7, 11) is -5.76. The fourth-order valence-corrected chi connectivity index (χ4v) is 3.94. The predicted octanol–water partition coefficient (Wildman–Crippen LogP) is 3.30. The number of hydrogen-bond donors (Lipinski definition) is 3. The summed E-state index contributed by atoms with van der Waals surface area (Å²) < 4.78 is 150. The quantitative estimate of drug-likeness (QED) is 0.0697. The van der Waals surface area contributed by atoms with Crippen molar-refractivity contribution >= 4 is 33.9 Å². The SMILES string of the molecule is CC(C)(N=NC(C)(C)C(=O)NCCOC(=O)c1c(F)c(F)c(S(=O)(=O)O)c(F)c1F)C(=O)NCCOC(=O)c1c(F)c(F)cc(F)c1F. The molecule has 0 aromatic heterocycles. The predicted molar refractivity (Wildman–Crippen MR) is 142 cm³/mol. The lowest BCUT2D eigenvalue weighted by atomic mass is 10.0. The number of amides is 2. The highest BCUT2D eigenvalue weighted by Crippen LogP contribution is 2.28. The minimum absolute atomic E-state index is 0.108. The molecule has 48 heavy (non-hydrogen) atoms. The van der Waals surface area contributed by atoms with Gasteiger partial charge in [0.1, 0.15) is 24.3 Å². The van der Waals surface area contributed by atoms with Crippen LogP contribution in [0, 0.1) is 46.5 Å². The third-order valence-corrected chi connectivity index (χ3v) is 6.78. The molecule has 0 fully saturated rings. The number of halogens is 8. The first-order valence-corrected chi connectivity index (χ1v) is 14.4. The summed E-state index contributed by atoms with van der Waals surface area (Å²) in [6, 6.07) is -0.108. The maximum Gasteiger partial charge on any atom is 0.344 e. The number of nitrogens with one attached hydrogen (secondary N) is 2. The van der Waals surface area contributed by atoms with Crippen molar-refractivity contribution in [3.8, 4) is 0 Å². The van der Waals surface area contributed by atoms with Gasteiger partial charge < -0.3 is 20.1 Å². The van der Waals surface area contributed by atoms with Crippen LogP contribution in [0.3, 0.4) is 0 Å². The van der Waals surface area contributed by atoms with Crippen LogP contribution in [0.25, 0.3) is 0 Å². The molecule has 0 spiro atoms. The molecule has 2 aromatic carbocycles. The van der Waals surface area contributed by atoms with Crippen molar-refractivity contribution in [3.63, 3.8) is 0 Å². The van der Waals surface area contributed by atoms with E-state index in [9.17, 15) is 62.7 Å². The molecule has 2 rings (SSSR count). The van der Waals surface area contributed by atoms with Crippen LogP contribution in [-0.2, 0) is 29.2 Å². The van der Waals surface area contributed by atoms with E-state index in [0.29, 0.717) is 0 Å². The molecule has 13 nitrogen and oxygen atoms in total. The Hall–Kier alpha value is -4.73. The van der Waals surface area contributed by atoms with Crippen molar-refractivity contribution in [1.82, 2.24) is 10.6 Å². The molecule has 0 bridgehead atoms. The van der Waals surface area contributed by atoms with E-state index in [1.807, 2.05) is 0 Å².